The molecule has 0 aliphatic heterocycles. The number of carbonyl (C=O) groups excluding carboxylic acids is 1. The Hall–Kier alpha value is -2.39. The Morgan fingerprint density at radius 3 is 2.52 bits per heavy atom. The number of para-hydroxylation sites is 1. The molecule has 104 valence electrons. The second kappa shape index (κ2) is 5.54. The molecule has 2 aromatic carbocycles. The van der Waals surface area contributed by atoms with Gasteiger partial charge in [-0.05, 0) is 24.6 Å². The number of aromatic nitrogens is 2. The van der Waals surface area contributed by atoms with Gasteiger partial charge in [0.25, 0.3) is 0 Å². The van der Waals surface area contributed by atoms with Crippen LogP contribution < -0.4 is 0 Å². The van der Waals surface area contributed by atoms with Crippen molar-refractivity contribution in [2.45, 2.75) is 6.92 Å². The molecule has 0 saturated heterocycles. The zero-order valence-corrected chi connectivity index (χ0v) is 12.2. The first-order valence-corrected chi connectivity index (χ1v) is 6.94. The molecule has 0 atom stereocenters. The standard InChI is InChI=1S/C17H13ClN2O/c1-12-6-2-5-9-16(12)20-10-13(11-21)17(19-20)14-7-3-4-8-15(14)18/h2-11H,1H3. The maximum absolute atomic E-state index is 11.3. The molecule has 3 aromatic rings. The minimum absolute atomic E-state index is 0.520. The zero-order valence-electron chi connectivity index (χ0n) is 11.5. The van der Waals surface area contributed by atoms with Gasteiger partial charge in [0.2, 0.25) is 0 Å². The van der Waals surface area contributed by atoms with E-state index in [1.807, 2.05) is 49.4 Å². The van der Waals surface area contributed by atoms with Gasteiger partial charge in [0.15, 0.2) is 6.29 Å². The lowest BCUT2D eigenvalue weighted by Crippen LogP contribution is -1.97. The lowest BCUT2D eigenvalue weighted by atomic mass is 10.1. The van der Waals surface area contributed by atoms with Crippen LogP contribution in [-0.4, -0.2) is 16.1 Å². The smallest absolute Gasteiger partial charge is 0.153 e. The second-order valence-corrected chi connectivity index (χ2v) is 5.17. The van der Waals surface area contributed by atoms with Gasteiger partial charge in [-0.3, -0.25) is 4.79 Å². The van der Waals surface area contributed by atoms with E-state index in [9.17, 15) is 4.79 Å². The first-order valence-electron chi connectivity index (χ1n) is 6.56. The van der Waals surface area contributed by atoms with E-state index in [0.29, 0.717) is 16.3 Å². The SMILES string of the molecule is Cc1ccccc1-n1cc(C=O)c(-c2ccccc2Cl)n1. The predicted molar refractivity (Wildman–Crippen MR) is 84.1 cm³/mol. The molecule has 1 aromatic heterocycles. The minimum Gasteiger partial charge on any atom is -0.298 e. The van der Waals surface area contributed by atoms with Gasteiger partial charge < -0.3 is 0 Å². The van der Waals surface area contributed by atoms with Crippen LogP contribution in [-0.2, 0) is 0 Å². The van der Waals surface area contributed by atoms with Crippen molar-refractivity contribution in [1.82, 2.24) is 9.78 Å². The molecule has 0 spiro atoms. The fourth-order valence-corrected chi connectivity index (χ4v) is 2.51. The van der Waals surface area contributed by atoms with Gasteiger partial charge in [-0.2, -0.15) is 5.10 Å². The molecular formula is C17H13ClN2O. The monoisotopic (exact) mass is 296 g/mol. The van der Waals surface area contributed by atoms with E-state index in [1.165, 1.54) is 0 Å². The van der Waals surface area contributed by atoms with Gasteiger partial charge in [-0.1, -0.05) is 48.0 Å². The van der Waals surface area contributed by atoms with E-state index < -0.39 is 0 Å². The Bertz CT molecular complexity index is 808. The van der Waals surface area contributed by atoms with Crippen LogP contribution in [0.2, 0.25) is 5.02 Å². The van der Waals surface area contributed by atoms with E-state index in [-0.39, 0.29) is 0 Å². The number of nitrogens with zero attached hydrogens (tertiary/aromatic N) is 2. The van der Waals surface area contributed by atoms with Crippen molar-refractivity contribution in [2.24, 2.45) is 0 Å². The lowest BCUT2D eigenvalue weighted by molar-refractivity contribution is 0.112. The quantitative estimate of drug-likeness (QED) is 0.675. The highest BCUT2D eigenvalue weighted by molar-refractivity contribution is 6.33. The van der Waals surface area contributed by atoms with E-state index in [0.717, 1.165) is 23.1 Å². The topological polar surface area (TPSA) is 34.9 Å². The highest BCUT2D eigenvalue weighted by Gasteiger charge is 2.14. The van der Waals surface area contributed by atoms with Crippen LogP contribution in [0.5, 0.6) is 0 Å². The van der Waals surface area contributed by atoms with Gasteiger partial charge in [-0.15, -0.1) is 0 Å². The van der Waals surface area contributed by atoms with Crippen molar-refractivity contribution in [3.8, 4) is 16.9 Å². The molecule has 0 amide bonds. The number of hydrogen-bond donors (Lipinski definition) is 0. The number of aryl methyl sites for hydroxylation is 1. The molecule has 0 saturated carbocycles. The molecule has 4 heteroatoms. The van der Waals surface area contributed by atoms with E-state index in [2.05, 4.69) is 5.10 Å². The third kappa shape index (κ3) is 2.48. The highest BCUT2D eigenvalue weighted by atomic mass is 35.5. The number of halogens is 1. The summed E-state index contributed by atoms with van der Waals surface area (Å²) in [5.41, 5.74) is 3.90. The van der Waals surface area contributed by atoms with Crippen LogP contribution in [0.25, 0.3) is 16.9 Å². The van der Waals surface area contributed by atoms with Crippen LogP contribution in [0, 0.1) is 6.92 Å². The number of benzene rings is 2. The van der Waals surface area contributed by atoms with Crippen molar-refractivity contribution in [2.75, 3.05) is 0 Å². The molecule has 0 aliphatic carbocycles. The fourth-order valence-electron chi connectivity index (χ4n) is 2.28. The van der Waals surface area contributed by atoms with Crippen molar-refractivity contribution in [3.05, 3.63) is 70.9 Å². The van der Waals surface area contributed by atoms with Crippen molar-refractivity contribution < 1.29 is 4.79 Å². The summed E-state index contributed by atoms with van der Waals surface area (Å²) < 4.78 is 1.72. The molecule has 0 bridgehead atoms. The molecule has 0 unspecified atom stereocenters. The Labute approximate surface area is 127 Å². The van der Waals surface area contributed by atoms with Gasteiger partial charge >= 0.3 is 0 Å². The molecule has 1 heterocycles. The summed E-state index contributed by atoms with van der Waals surface area (Å²) in [7, 11) is 0. The Morgan fingerprint density at radius 2 is 1.81 bits per heavy atom. The molecule has 3 nitrogen and oxygen atoms in total. The Balaban J connectivity index is 2.18. The first-order chi connectivity index (χ1) is 10.2. The summed E-state index contributed by atoms with van der Waals surface area (Å²) in [6, 6.07) is 15.3. The summed E-state index contributed by atoms with van der Waals surface area (Å²) in [6.45, 7) is 2.01. The average molecular weight is 297 g/mol. The van der Waals surface area contributed by atoms with Gasteiger partial charge in [0.1, 0.15) is 5.69 Å². The van der Waals surface area contributed by atoms with Crippen LogP contribution in [0.15, 0.2) is 54.7 Å². The van der Waals surface area contributed by atoms with Gasteiger partial charge in [0, 0.05) is 11.8 Å². The van der Waals surface area contributed by atoms with E-state index in [4.69, 9.17) is 11.6 Å². The summed E-state index contributed by atoms with van der Waals surface area (Å²) in [5, 5.41) is 5.12. The third-order valence-corrected chi connectivity index (χ3v) is 3.69. The Kier molecular flexibility index (Phi) is 3.59. The van der Waals surface area contributed by atoms with E-state index >= 15 is 0 Å². The number of rotatable bonds is 3. The van der Waals surface area contributed by atoms with Crippen molar-refractivity contribution >= 4 is 17.9 Å². The summed E-state index contributed by atoms with van der Waals surface area (Å²) in [5.74, 6) is 0. The first kappa shape index (κ1) is 13.6. The predicted octanol–water partition coefficient (Wildman–Crippen LogP) is 4.31. The van der Waals surface area contributed by atoms with Gasteiger partial charge in [-0.25, -0.2) is 4.68 Å². The fraction of sp³-hybridized carbons (Fsp3) is 0.0588. The highest BCUT2D eigenvalue weighted by Crippen LogP contribution is 2.29. The molecule has 0 aliphatic rings. The van der Waals surface area contributed by atoms with Crippen LogP contribution in [0.4, 0.5) is 0 Å². The third-order valence-electron chi connectivity index (χ3n) is 3.36. The molecule has 21 heavy (non-hydrogen) atoms. The minimum atomic E-state index is 0.520. The molecule has 0 fully saturated rings. The van der Waals surface area contributed by atoms with Crippen molar-refractivity contribution in [3.63, 3.8) is 0 Å². The maximum atomic E-state index is 11.3. The Morgan fingerprint density at radius 1 is 1.10 bits per heavy atom. The number of aldehydes is 1. The van der Waals surface area contributed by atoms with Crippen LogP contribution in [0.1, 0.15) is 15.9 Å². The summed E-state index contributed by atoms with van der Waals surface area (Å²) in [6.07, 6.45) is 2.54. The van der Waals surface area contributed by atoms with Crippen LogP contribution >= 0.6 is 11.6 Å². The largest absolute Gasteiger partial charge is 0.298 e. The summed E-state index contributed by atoms with van der Waals surface area (Å²) in [4.78, 5) is 11.3. The average Bonchev–Trinajstić information content (AvgIpc) is 2.92. The lowest BCUT2D eigenvalue weighted by Gasteiger charge is -2.05. The molecule has 0 N–H and O–H groups in total. The normalized spacial score (nSPS) is 10.6. The van der Waals surface area contributed by atoms with Crippen LogP contribution in [0.3, 0.4) is 0 Å². The van der Waals surface area contributed by atoms with Crippen molar-refractivity contribution in [1.29, 1.82) is 0 Å². The van der Waals surface area contributed by atoms with Gasteiger partial charge in [0.05, 0.1) is 16.3 Å². The molecule has 3 rings (SSSR count). The maximum Gasteiger partial charge on any atom is 0.153 e. The van der Waals surface area contributed by atoms with E-state index in [1.54, 1.807) is 16.9 Å². The molecule has 0 radical (unpaired) electrons. The number of carbonyl (C=O) groups is 1. The zero-order chi connectivity index (χ0) is 14.8. The second-order valence-electron chi connectivity index (χ2n) is 4.76. The summed E-state index contributed by atoms with van der Waals surface area (Å²) >= 11 is 6.21. The number of hydrogen-bond acceptors (Lipinski definition) is 2. The molecular weight excluding hydrogens is 284 g/mol.